The number of likely N-dealkylation sites (N-methyl/N-ethyl adjacent to an activating group) is 1. The molecule has 0 fully saturated rings. The van der Waals surface area contributed by atoms with E-state index >= 15 is 0 Å². The number of rotatable bonds is 4. The first-order chi connectivity index (χ1) is 9.92. The van der Waals surface area contributed by atoms with Gasteiger partial charge in [-0.1, -0.05) is 6.07 Å². The Balaban J connectivity index is 2.38. The van der Waals surface area contributed by atoms with E-state index in [4.69, 9.17) is 10.6 Å². The number of hydrogen-bond acceptors (Lipinski definition) is 6. The summed E-state index contributed by atoms with van der Waals surface area (Å²) in [7, 11) is 2.89. The second-order valence-electron chi connectivity index (χ2n) is 4.42. The number of nitrogen functional groups attached to an aromatic ring is 1. The van der Waals surface area contributed by atoms with Gasteiger partial charge in [0.05, 0.1) is 35.4 Å². The molecule has 1 aromatic heterocycles. The number of amides is 1. The quantitative estimate of drug-likeness (QED) is 0.516. The normalized spacial score (nSPS) is 10.6. The third kappa shape index (κ3) is 3.06. The number of carbonyl (C=O) groups is 1. The van der Waals surface area contributed by atoms with Crippen LogP contribution in [0.25, 0.3) is 10.9 Å². The average Bonchev–Trinajstić information content (AvgIpc) is 2.46. The van der Waals surface area contributed by atoms with Gasteiger partial charge in [0, 0.05) is 24.6 Å². The maximum absolute atomic E-state index is 11.7. The van der Waals surface area contributed by atoms with Gasteiger partial charge in [-0.05, 0) is 6.07 Å². The highest BCUT2D eigenvalue weighted by Crippen LogP contribution is 2.26. The Labute approximate surface area is 120 Å². The van der Waals surface area contributed by atoms with Crippen LogP contribution >= 0.6 is 0 Å². The lowest BCUT2D eigenvalue weighted by atomic mass is 10.1. The zero-order chi connectivity index (χ0) is 15.6. The number of benzene rings is 1. The molecular weight excluding hydrogens is 276 g/mol. The van der Waals surface area contributed by atoms with E-state index in [1.165, 1.54) is 26.3 Å². The van der Waals surface area contributed by atoms with E-state index in [1.807, 2.05) is 0 Å². The van der Waals surface area contributed by atoms with Gasteiger partial charge in [-0.25, -0.2) is 5.06 Å². The standard InChI is InChI=1S/C13H14N4O4/c1-16(21-2)12(18)6-9-4-3-8-5-10(17(19)20)7-11(14)13(8)15-9/h3-5,7H,6,14H2,1-2H3. The van der Waals surface area contributed by atoms with Crippen molar-refractivity contribution in [1.29, 1.82) is 0 Å². The van der Waals surface area contributed by atoms with Crippen molar-refractivity contribution in [2.75, 3.05) is 19.9 Å². The molecule has 0 spiro atoms. The van der Waals surface area contributed by atoms with E-state index < -0.39 is 4.92 Å². The van der Waals surface area contributed by atoms with Gasteiger partial charge in [0.2, 0.25) is 0 Å². The largest absolute Gasteiger partial charge is 0.397 e. The predicted molar refractivity (Wildman–Crippen MR) is 76.3 cm³/mol. The fourth-order valence-electron chi connectivity index (χ4n) is 1.86. The van der Waals surface area contributed by atoms with Crippen molar-refractivity contribution in [2.45, 2.75) is 6.42 Å². The van der Waals surface area contributed by atoms with Gasteiger partial charge >= 0.3 is 0 Å². The van der Waals surface area contributed by atoms with Crippen molar-refractivity contribution in [3.63, 3.8) is 0 Å². The van der Waals surface area contributed by atoms with Crippen LogP contribution in [0.2, 0.25) is 0 Å². The third-order valence-corrected chi connectivity index (χ3v) is 3.03. The van der Waals surface area contributed by atoms with Crippen molar-refractivity contribution in [3.05, 3.63) is 40.1 Å². The topological polar surface area (TPSA) is 112 Å². The van der Waals surface area contributed by atoms with Crippen LogP contribution in [0.5, 0.6) is 0 Å². The number of non-ortho nitro benzene ring substituents is 1. The molecule has 2 aromatic rings. The number of fused-ring (bicyclic) bond motifs is 1. The van der Waals surface area contributed by atoms with Crippen LogP contribution < -0.4 is 5.73 Å². The highest BCUT2D eigenvalue weighted by molar-refractivity contribution is 5.92. The van der Waals surface area contributed by atoms with Crippen LogP contribution in [0.3, 0.4) is 0 Å². The molecule has 0 unspecified atom stereocenters. The molecular formula is C13H14N4O4. The summed E-state index contributed by atoms with van der Waals surface area (Å²) in [6, 6.07) is 5.93. The van der Waals surface area contributed by atoms with Crippen molar-refractivity contribution >= 4 is 28.2 Å². The molecule has 8 heteroatoms. The molecule has 21 heavy (non-hydrogen) atoms. The number of hydroxylamine groups is 2. The van der Waals surface area contributed by atoms with Crippen LogP contribution in [-0.4, -0.2) is 35.0 Å². The minimum Gasteiger partial charge on any atom is -0.397 e. The number of pyridine rings is 1. The Morgan fingerprint density at radius 1 is 1.48 bits per heavy atom. The van der Waals surface area contributed by atoms with Crippen LogP contribution in [0.4, 0.5) is 11.4 Å². The molecule has 2 N–H and O–H groups in total. The first kappa shape index (κ1) is 14.7. The fourth-order valence-corrected chi connectivity index (χ4v) is 1.86. The lowest BCUT2D eigenvalue weighted by Crippen LogP contribution is -2.27. The monoisotopic (exact) mass is 290 g/mol. The molecule has 8 nitrogen and oxygen atoms in total. The Hall–Kier alpha value is -2.74. The molecule has 0 saturated heterocycles. The minimum absolute atomic E-state index is 0.0523. The van der Waals surface area contributed by atoms with E-state index in [0.29, 0.717) is 16.6 Å². The van der Waals surface area contributed by atoms with E-state index in [1.54, 1.807) is 12.1 Å². The maximum Gasteiger partial charge on any atom is 0.272 e. The van der Waals surface area contributed by atoms with Crippen LogP contribution in [-0.2, 0) is 16.1 Å². The highest BCUT2D eigenvalue weighted by Gasteiger charge is 2.14. The molecule has 0 bridgehead atoms. The average molecular weight is 290 g/mol. The molecule has 1 heterocycles. The number of nitro groups is 1. The molecule has 0 aliphatic heterocycles. The van der Waals surface area contributed by atoms with Gasteiger partial charge in [-0.15, -0.1) is 0 Å². The first-order valence-corrected chi connectivity index (χ1v) is 6.06. The molecule has 1 aromatic carbocycles. The SMILES string of the molecule is CON(C)C(=O)Cc1ccc2cc([N+](=O)[O-])cc(N)c2n1. The van der Waals surface area contributed by atoms with Gasteiger partial charge in [-0.2, -0.15) is 0 Å². The van der Waals surface area contributed by atoms with Gasteiger partial charge < -0.3 is 5.73 Å². The second kappa shape index (κ2) is 5.71. The Morgan fingerprint density at radius 2 is 2.19 bits per heavy atom. The number of nitrogens with two attached hydrogens (primary N) is 1. The summed E-state index contributed by atoms with van der Waals surface area (Å²) in [5.41, 5.74) is 6.85. The summed E-state index contributed by atoms with van der Waals surface area (Å²) in [4.78, 5) is 31.1. The molecule has 0 atom stereocenters. The van der Waals surface area contributed by atoms with Gasteiger partial charge in [0.1, 0.15) is 0 Å². The Morgan fingerprint density at radius 3 is 2.81 bits per heavy atom. The fraction of sp³-hybridized carbons (Fsp3) is 0.231. The van der Waals surface area contributed by atoms with E-state index in [9.17, 15) is 14.9 Å². The van der Waals surface area contributed by atoms with Crippen molar-refractivity contribution in [2.24, 2.45) is 0 Å². The predicted octanol–water partition coefficient (Wildman–Crippen LogP) is 1.29. The van der Waals surface area contributed by atoms with Crippen LogP contribution in [0, 0.1) is 10.1 Å². The number of nitrogens with zero attached hydrogens (tertiary/aromatic N) is 3. The molecule has 0 saturated carbocycles. The number of anilines is 1. The lowest BCUT2D eigenvalue weighted by molar-refractivity contribution is -0.384. The van der Waals surface area contributed by atoms with Gasteiger partial charge in [0.25, 0.3) is 11.6 Å². The summed E-state index contributed by atoms with van der Waals surface area (Å²) < 4.78 is 0. The summed E-state index contributed by atoms with van der Waals surface area (Å²) in [6.45, 7) is 0. The first-order valence-electron chi connectivity index (χ1n) is 6.06. The summed E-state index contributed by atoms with van der Waals surface area (Å²) in [5.74, 6) is -0.259. The second-order valence-corrected chi connectivity index (χ2v) is 4.42. The number of nitro benzene ring substituents is 1. The lowest BCUT2D eigenvalue weighted by Gasteiger charge is -2.13. The zero-order valence-corrected chi connectivity index (χ0v) is 11.6. The Kier molecular flexibility index (Phi) is 3.99. The van der Waals surface area contributed by atoms with Crippen LogP contribution in [0.15, 0.2) is 24.3 Å². The molecule has 110 valence electrons. The van der Waals surface area contributed by atoms with Gasteiger partial charge in [-0.3, -0.25) is 24.7 Å². The molecule has 0 aliphatic rings. The molecule has 0 aliphatic carbocycles. The molecule has 1 amide bonds. The summed E-state index contributed by atoms with van der Waals surface area (Å²) in [6.07, 6.45) is 0.0523. The number of carbonyl (C=O) groups excluding carboxylic acids is 1. The van der Waals surface area contributed by atoms with Crippen molar-refractivity contribution < 1.29 is 14.6 Å². The third-order valence-electron chi connectivity index (χ3n) is 3.03. The van der Waals surface area contributed by atoms with Crippen molar-refractivity contribution in [3.8, 4) is 0 Å². The molecule has 0 radical (unpaired) electrons. The summed E-state index contributed by atoms with van der Waals surface area (Å²) >= 11 is 0. The van der Waals surface area contributed by atoms with E-state index in [2.05, 4.69) is 4.98 Å². The Bertz CT molecular complexity index is 717. The van der Waals surface area contributed by atoms with E-state index in [-0.39, 0.29) is 23.7 Å². The highest BCUT2D eigenvalue weighted by atomic mass is 16.7. The minimum atomic E-state index is -0.513. The number of aromatic nitrogens is 1. The molecule has 2 rings (SSSR count). The number of hydrogen-bond donors (Lipinski definition) is 1. The maximum atomic E-state index is 11.7. The van der Waals surface area contributed by atoms with Gasteiger partial charge in [0.15, 0.2) is 0 Å². The zero-order valence-electron chi connectivity index (χ0n) is 11.6. The van der Waals surface area contributed by atoms with E-state index in [0.717, 1.165) is 5.06 Å². The summed E-state index contributed by atoms with van der Waals surface area (Å²) in [5, 5.41) is 12.4. The van der Waals surface area contributed by atoms with Crippen LogP contribution in [0.1, 0.15) is 5.69 Å². The van der Waals surface area contributed by atoms with Crippen molar-refractivity contribution in [1.82, 2.24) is 10.0 Å². The smallest absolute Gasteiger partial charge is 0.272 e.